The zero-order chi connectivity index (χ0) is 15.5. The lowest BCUT2D eigenvalue weighted by atomic mass is 9.99. The van der Waals surface area contributed by atoms with Gasteiger partial charge in [0.2, 0.25) is 5.91 Å². The third kappa shape index (κ3) is 3.84. The fraction of sp³-hybridized carbons (Fsp3) is 0.417. The van der Waals surface area contributed by atoms with Crippen molar-refractivity contribution in [3.8, 4) is 5.75 Å². The monoisotopic (exact) mass is 293 g/mol. The second kappa shape index (κ2) is 6.10. The molecule has 4 N–H and O–H groups in total. The predicted octanol–water partition coefficient (Wildman–Crippen LogP) is 0.984. The number of halogens is 3. The minimum absolute atomic E-state index is 0.188. The molecule has 0 saturated heterocycles. The predicted molar refractivity (Wildman–Crippen MR) is 62.8 cm³/mol. The lowest BCUT2D eigenvalue weighted by Crippen LogP contribution is -2.26. The van der Waals surface area contributed by atoms with E-state index in [9.17, 15) is 28.2 Å². The third-order valence-electron chi connectivity index (χ3n) is 2.65. The average molecular weight is 293 g/mol. The van der Waals surface area contributed by atoms with Gasteiger partial charge in [0.1, 0.15) is 11.9 Å². The van der Waals surface area contributed by atoms with E-state index < -0.39 is 42.0 Å². The number of ether oxygens (including phenoxy) is 1. The Hall–Kier alpha value is -1.80. The van der Waals surface area contributed by atoms with Gasteiger partial charge in [-0.2, -0.15) is 13.2 Å². The van der Waals surface area contributed by atoms with Gasteiger partial charge < -0.3 is 20.7 Å². The van der Waals surface area contributed by atoms with Crippen LogP contribution in [-0.4, -0.2) is 29.3 Å². The van der Waals surface area contributed by atoms with Gasteiger partial charge in [-0.05, 0) is 17.7 Å². The van der Waals surface area contributed by atoms with Crippen LogP contribution in [0.4, 0.5) is 13.2 Å². The van der Waals surface area contributed by atoms with Gasteiger partial charge in [0, 0.05) is 0 Å². The van der Waals surface area contributed by atoms with Crippen molar-refractivity contribution in [2.24, 2.45) is 5.73 Å². The van der Waals surface area contributed by atoms with Crippen LogP contribution in [-0.2, 0) is 11.0 Å². The van der Waals surface area contributed by atoms with E-state index >= 15 is 0 Å². The minimum atomic E-state index is -4.67. The number of alkyl halides is 3. The Balaban J connectivity index is 3.11. The first kappa shape index (κ1) is 16.3. The molecule has 0 saturated carbocycles. The summed E-state index contributed by atoms with van der Waals surface area (Å²) >= 11 is 0. The number of carbonyl (C=O) groups excluding carboxylic acids is 1. The molecule has 1 amide bonds. The van der Waals surface area contributed by atoms with Crippen molar-refractivity contribution in [1.82, 2.24) is 0 Å². The van der Waals surface area contributed by atoms with E-state index in [1.165, 1.54) is 6.07 Å². The highest BCUT2D eigenvalue weighted by Crippen LogP contribution is 2.38. The van der Waals surface area contributed by atoms with Crippen LogP contribution >= 0.6 is 0 Å². The molecule has 0 bridgehead atoms. The summed E-state index contributed by atoms with van der Waals surface area (Å²) in [7, 11) is 1.09. The van der Waals surface area contributed by atoms with Crippen LogP contribution in [0.5, 0.6) is 5.75 Å². The molecule has 0 spiro atoms. The van der Waals surface area contributed by atoms with Crippen LogP contribution in [0.1, 0.15) is 23.7 Å². The number of carbonyl (C=O) groups is 1. The van der Waals surface area contributed by atoms with E-state index in [4.69, 9.17) is 5.73 Å². The van der Waals surface area contributed by atoms with Crippen molar-refractivity contribution in [3.63, 3.8) is 0 Å². The molecule has 1 rings (SSSR count). The molecule has 1 aromatic rings. The number of hydrogen-bond acceptors (Lipinski definition) is 4. The topological polar surface area (TPSA) is 92.8 Å². The summed E-state index contributed by atoms with van der Waals surface area (Å²) in [5, 5.41) is 19.2. The van der Waals surface area contributed by atoms with E-state index in [-0.39, 0.29) is 5.56 Å². The quantitative estimate of drug-likeness (QED) is 0.754. The lowest BCUT2D eigenvalue weighted by molar-refractivity contribution is -0.139. The van der Waals surface area contributed by atoms with Gasteiger partial charge in [-0.15, -0.1) is 0 Å². The summed E-state index contributed by atoms with van der Waals surface area (Å²) in [4.78, 5) is 10.6. The highest BCUT2D eigenvalue weighted by Gasteiger charge is 2.35. The first-order valence-electron chi connectivity index (χ1n) is 5.56. The van der Waals surface area contributed by atoms with E-state index in [1.807, 2.05) is 0 Å². The van der Waals surface area contributed by atoms with E-state index in [0.29, 0.717) is 6.07 Å². The highest BCUT2D eigenvalue weighted by molar-refractivity contribution is 5.74. The number of rotatable bonds is 5. The number of benzene rings is 1. The first-order valence-corrected chi connectivity index (χ1v) is 5.56. The first-order chi connectivity index (χ1) is 9.16. The van der Waals surface area contributed by atoms with Gasteiger partial charge in [0.25, 0.3) is 0 Å². The van der Waals surface area contributed by atoms with Crippen molar-refractivity contribution >= 4 is 5.91 Å². The standard InChI is InChI=1S/C12H14F3NO4/c1-20-9-3-2-6(4-7(9)12(13,14)15)11(19)8(17)5-10(16)18/h2-4,8,11,17,19H,5H2,1H3,(H2,16,18). The SMILES string of the molecule is COc1ccc(C(O)C(O)CC(N)=O)cc1C(F)(F)F. The van der Waals surface area contributed by atoms with Crippen LogP contribution in [0.25, 0.3) is 0 Å². The molecule has 0 heterocycles. The second-order valence-corrected chi connectivity index (χ2v) is 4.14. The summed E-state index contributed by atoms with van der Waals surface area (Å²) in [6, 6.07) is 2.86. The van der Waals surface area contributed by atoms with Crippen molar-refractivity contribution in [3.05, 3.63) is 29.3 Å². The number of hydrogen-bond donors (Lipinski definition) is 3. The van der Waals surface area contributed by atoms with Gasteiger partial charge >= 0.3 is 6.18 Å². The summed E-state index contributed by atoms with van der Waals surface area (Å²) in [5.41, 5.74) is 3.58. The Morgan fingerprint density at radius 3 is 2.45 bits per heavy atom. The molecule has 0 aromatic heterocycles. The maximum atomic E-state index is 12.8. The molecule has 20 heavy (non-hydrogen) atoms. The summed E-state index contributed by atoms with van der Waals surface area (Å²) in [6.07, 6.45) is -8.47. The Morgan fingerprint density at radius 1 is 1.40 bits per heavy atom. The van der Waals surface area contributed by atoms with Crippen molar-refractivity contribution in [1.29, 1.82) is 0 Å². The summed E-state index contributed by atoms with van der Waals surface area (Å²) < 4.78 is 43.0. The van der Waals surface area contributed by atoms with Crippen molar-refractivity contribution < 1.29 is 32.9 Å². The summed E-state index contributed by atoms with van der Waals surface area (Å²) in [5.74, 6) is -1.28. The van der Waals surface area contributed by atoms with E-state index in [2.05, 4.69) is 4.74 Å². The fourth-order valence-corrected chi connectivity index (χ4v) is 1.67. The molecule has 0 aliphatic rings. The highest BCUT2D eigenvalue weighted by atomic mass is 19.4. The summed E-state index contributed by atoms with van der Waals surface area (Å²) in [6.45, 7) is 0. The molecular weight excluding hydrogens is 279 g/mol. The average Bonchev–Trinajstić information content (AvgIpc) is 2.35. The lowest BCUT2D eigenvalue weighted by Gasteiger charge is -2.19. The third-order valence-corrected chi connectivity index (χ3v) is 2.65. The number of amides is 1. The van der Waals surface area contributed by atoms with Gasteiger partial charge in [0.15, 0.2) is 0 Å². The zero-order valence-corrected chi connectivity index (χ0v) is 10.5. The number of methoxy groups -OCH3 is 1. The van der Waals surface area contributed by atoms with Gasteiger partial charge in [-0.25, -0.2) is 0 Å². The largest absolute Gasteiger partial charge is 0.496 e. The molecule has 2 unspecified atom stereocenters. The van der Waals surface area contributed by atoms with E-state index in [0.717, 1.165) is 13.2 Å². The Labute approximate surface area is 112 Å². The Morgan fingerprint density at radius 2 is 2.00 bits per heavy atom. The number of aliphatic hydroxyl groups excluding tert-OH is 2. The van der Waals surface area contributed by atoms with Gasteiger partial charge in [-0.1, -0.05) is 6.07 Å². The molecule has 112 valence electrons. The molecule has 5 nitrogen and oxygen atoms in total. The van der Waals surface area contributed by atoms with Crippen LogP contribution in [0.3, 0.4) is 0 Å². The Bertz CT molecular complexity index is 490. The number of primary amides is 1. The van der Waals surface area contributed by atoms with Crippen LogP contribution in [0.2, 0.25) is 0 Å². The Kier molecular flexibility index (Phi) is 4.96. The number of aliphatic hydroxyl groups is 2. The molecule has 1 aromatic carbocycles. The molecule has 0 radical (unpaired) electrons. The maximum Gasteiger partial charge on any atom is 0.419 e. The van der Waals surface area contributed by atoms with Gasteiger partial charge in [-0.3, -0.25) is 4.79 Å². The van der Waals surface area contributed by atoms with Crippen LogP contribution in [0, 0.1) is 0 Å². The molecular formula is C12H14F3NO4. The van der Waals surface area contributed by atoms with Crippen LogP contribution < -0.4 is 10.5 Å². The molecule has 0 fully saturated rings. The smallest absolute Gasteiger partial charge is 0.419 e. The fourth-order valence-electron chi connectivity index (χ4n) is 1.67. The molecule has 0 aliphatic heterocycles. The zero-order valence-electron chi connectivity index (χ0n) is 10.5. The molecule has 2 atom stereocenters. The molecule has 8 heteroatoms. The van der Waals surface area contributed by atoms with Crippen molar-refractivity contribution in [2.75, 3.05) is 7.11 Å². The second-order valence-electron chi connectivity index (χ2n) is 4.14. The van der Waals surface area contributed by atoms with Gasteiger partial charge in [0.05, 0.1) is 25.2 Å². The maximum absolute atomic E-state index is 12.8. The number of nitrogens with two attached hydrogens (primary N) is 1. The normalized spacial score (nSPS) is 14.7. The van der Waals surface area contributed by atoms with E-state index in [1.54, 1.807) is 0 Å². The molecule has 0 aliphatic carbocycles. The van der Waals surface area contributed by atoms with Crippen LogP contribution in [0.15, 0.2) is 18.2 Å². The van der Waals surface area contributed by atoms with Crippen molar-refractivity contribution in [2.45, 2.75) is 24.8 Å². The minimum Gasteiger partial charge on any atom is -0.496 e.